The quantitative estimate of drug-likeness (QED) is 0.400. The van der Waals surface area contributed by atoms with Crippen molar-refractivity contribution >= 4 is 16.1 Å². The Balaban J connectivity index is 2.77. The summed E-state index contributed by atoms with van der Waals surface area (Å²) < 4.78 is 0. The zero-order valence-corrected chi connectivity index (χ0v) is 17.5. The Morgan fingerprint density at radius 1 is 1.00 bits per heavy atom. The van der Waals surface area contributed by atoms with Crippen LogP contribution in [-0.2, 0) is 0 Å². The van der Waals surface area contributed by atoms with Gasteiger partial charge in [-0.3, -0.25) is 0 Å². The minimum atomic E-state index is -1.37. The van der Waals surface area contributed by atoms with Crippen molar-refractivity contribution in [1.29, 1.82) is 0 Å². The van der Waals surface area contributed by atoms with Crippen LogP contribution in [0.2, 0.25) is 44.3 Å². The molecule has 1 unspecified atom stereocenters. The summed E-state index contributed by atoms with van der Waals surface area (Å²) in [4.78, 5) is 0. The molecule has 0 radical (unpaired) electrons. The smallest absolute Gasteiger partial charge is 0.0739 e. The molecule has 2 rings (SSSR count). The molecule has 2 aliphatic carbocycles. The highest BCUT2D eigenvalue weighted by molar-refractivity contribution is 6.90. The number of fused-ring (bicyclic) bond motifs is 1. The average molecular weight is 319 g/mol. The van der Waals surface area contributed by atoms with Gasteiger partial charge in [0, 0.05) is 5.04 Å². The molecular formula is C19H34Si2. The molecule has 2 heteroatoms. The fourth-order valence-electron chi connectivity index (χ4n) is 4.42. The Morgan fingerprint density at radius 2 is 1.57 bits per heavy atom. The molecular weight excluding hydrogens is 284 g/mol. The lowest BCUT2D eigenvalue weighted by Crippen LogP contribution is -2.44. The van der Waals surface area contributed by atoms with Gasteiger partial charge in [-0.05, 0) is 50.7 Å². The van der Waals surface area contributed by atoms with Crippen LogP contribution in [0.15, 0.2) is 34.1 Å². The Hall–Kier alpha value is -0.346. The minimum absolute atomic E-state index is 0.297. The lowest BCUT2D eigenvalue weighted by atomic mass is 9.92. The number of rotatable bonds is 3. The molecule has 1 fully saturated rings. The largest absolute Gasteiger partial charge is 0.0795 e. The van der Waals surface area contributed by atoms with Gasteiger partial charge >= 0.3 is 0 Å². The first kappa shape index (κ1) is 17.0. The number of allylic oxidation sites excluding steroid dienone is 6. The maximum Gasteiger partial charge on any atom is 0.0739 e. The predicted octanol–water partition coefficient (Wildman–Crippen LogP) is 6.72. The van der Waals surface area contributed by atoms with Gasteiger partial charge in [0.1, 0.15) is 0 Å². The van der Waals surface area contributed by atoms with Crippen molar-refractivity contribution in [3.05, 3.63) is 34.1 Å². The van der Waals surface area contributed by atoms with E-state index in [0.29, 0.717) is 5.04 Å². The van der Waals surface area contributed by atoms with E-state index in [0.717, 1.165) is 0 Å². The molecule has 118 valence electrons. The minimum Gasteiger partial charge on any atom is -0.0795 e. The van der Waals surface area contributed by atoms with Crippen LogP contribution >= 0.6 is 0 Å². The Labute approximate surface area is 134 Å². The van der Waals surface area contributed by atoms with E-state index < -0.39 is 16.1 Å². The zero-order chi connectivity index (χ0) is 16.1. The molecule has 0 aromatic rings. The lowest BCUT2D eigenvalue weighted by Gasteiger charge is -2.45. The van der Waals surface area contributed by atoms with Gasteiger partial charge in [-0.1, -0.05) is 62.2 Å². The first-order valence-corrected chi connectivity index (χ1v) is 15.6. The van der Waals surface area contributed by atoms with E-state index in [1.807, 2.05) is 5.20 Å². The van der Waals surface area contributed by atoms with Gasteiger partial charge in [-0.25, -0.2) is 0 Å². The summed E-state index contributed by atoms with van der Waals surface area (Å²) >= 11 is 0. The van der Waals surface area contributed by atoms with Crippen LogP contribution in [0, 0.1) is 0 Å². The Kier molecular flexibility index (Phi) is 4.36. The normalized spacial score (nSPS) is 26.6. The van der Waals surface area contributed by atoms with E-state index in [4.69, 9.17) is 0 Å². The molecule has 0 aliphatic heterocycles. The monoisotopic (exact) mass is 318 g/mol. The molecule has 0 aromatic carbocycles. The fraction of sp³-hybridized carbons (Fsp3) is 0.684. The van der Waals surface area contributed by atoms with Gasteiger partial charge in [-0.15, -0.1) is 0 Å². The van der Waals surface area contributed by atoms with Gasteiger partial charge in [0.25, 0.3) is 0 Å². The van der Waals surface area contributed by atoms with Crippen LogP contribution in [0.5, 0.6) is 0 Å². The van der Waals surface area contributed by atoms with Crippen molar-refractivity contribution in [2.24, 2.45) is 0 Å². The molecule has 0 aromatic heterocycles. The molecule has 0 spiro atoms. The van der Waals surface area contributed by atoms with Crippen molar-refractivity contribution in [2.45, 2.75) is 83.9 Å². The number of hydrogen-bond acceptors (Lipinski definition) is 0. The summed E-state index contributed by atoms with van der Waals surface area (Å²) in [5, 5.41) is 2.19. The molecule has 0 bridgehead atoms. The third kappa shape index (κ3) is 2.94. The molecule has 2 aliphatic rings. The lowest BCUT2D eigenvalue weighted by molar-refractivity contribution is 0.681. The van der Waals surface area contributed by atoms with E-state index in [-0.39, 0.29) is 0 Å². The molecule has 0 nitrogen and oxygen atoms in total. The molecule has 0 N–H and O–H groups in total. The molecule has 1 atom stereocenters. The van der Waals surface area contributed by atoms with E-state index in [1.165, 1.54) is 31.3 Å². The highest BCUT2D eigenvalue weighted by Crippen LogP contribution is 2.60. The van der Waals surface area contributed by atoms with E-state index in [2.05, 4.69) is 65.3 Å². The van der Waals surface area contributed by atoms with Crippen LogP contribution in [-0.4, -0.2) is 16.1 Å². The third-order valence-corrected chi connectivity index (χ3v) is 10.6. The maximum absolute atomic E-state index is 2.73. The van der Waals surface area contributed by atoms with Crippen LogP contribution < -0.4 is 0 Å². The SMILES string of the molecule is CC(C)=CC1([Si](C)(C)C)C=C2CCCCC2=C1[Si](C)(C)C. The summed E-state index contributed by atoms with van der Waals surface area (Å²) in [5.74, 6) is 0. The zero-order valence-electron chi connectivity index (χ0n) is 15.5. The maximum atomic E-state index is 2.73. The van der Waals surface area contributed by atoms with E-state index in [9.17, 15) is 0 Å². The van der Waals surface area contributed by atoms with E-state index >= 15 is 0 Å². The van der Waals surface area contributed by atoms with Crippen LogP contribution in [0.3, 0.4) is 0 Å². The van der Waals surface area contributed by atoms with Gasteiger partial charge in [0.05, 0.1) is 16.1 Å². The second kappa shape index (κ2) is 5.38. The Morgan fingerprint density at radius 3 is 2.05 bits per heavy atom. The average Bonchev–Trinajstić information content (AvgIpc) is 2.61. The van der Waals surface area contributed by atoms with Gasteiger partial charge in [-0.2, -0.15) is 0 Å². The highest BCUT2D eigenvalue weighted by Gasteiger charge is 2.51. The van der Waals surface area contributed by atoms with Crippen molar-refractivity contribution in [3.63, 3.8) is 0 Å². The summed E-state index contributed by atoms with van der Waals surface area (Å²) in [7, 11) is -2.70. The molecule has 0 heterocycles. The first-order valence-electron chi connectivity index (χ1n) is 8.61. The second-order valence-electron chi connectivity index (χ2n) is 9.32. The van der Waals surface area contributed by atoms with Gasteiger partial charge in [0.2, 0.25) is 0 Å². The standard InChI is InChI=1S/C19H34Si2/c1-15(2)13-19(21(6,7)8)14-16-11-9-10-12-17(16)18(19)20(3,4)5/h13-14H,9-12H2,1-8H3. The van der Waals surface area contributed by atoms with Crippen LogP contribution in [0.4, 0.5) is 0 Å². The van der Waals surface area contributed by atoms with Gasteiger partial charge < -0.3 is 0 Å². The molecule has 0 amide bonds. The highest BCUT2D eigenvalue weighted by atomic mass is 28.3. The predicted molar refractivity (Wildman–Crippen MR) is 102 cm³/mol. The topological polar surface area (TPSA) is 0 Å². The Bertz CT molecular complexity index is 517. The summed E-state index contributed by atoms with van der Waals surface area (Å²) in [6.07, 6.45) is 10.8. The van der Waals surface area contributed by atoms with Crippen molar-refractivity contribution < 1.29 is 0 Å². The van der Waals surface area contributed by atoms with Crippen molar-refractivity contribution in [2.75, 3.05) is 0 Å². The van der Waals surface area contributed by atoms with Gasteiger partial charge in [0.15, 0.2) is 0 Å². The third-order valence-electron chi connectivity index (χ3n) is 5.14. The molecule has 21 heavy (non-hydrogen) atoms. The van der Waals surface area contributed by atoms with Crippen LogP contribution in [0.25, 0.3) is 0 Å². The summed E-state index contributed by atoms with van der Waals surface area (Å²) in [5.41, 5.74) is 5.00. The summed E-state index contributed by atoms with van der Waals surface area (Å²) in [6.45, 7) is 20.0. The molecule has 0 saturated heterocycles. The first-order chi connectivity index (χ1) is 9.49. The second-order valence-corrected chi connectivity index (χ2v) is 19.6. The molecule has 1 saturated carbocycles. The summed E-state index contributed by atoms with van der Waals surface area (Å²) in [6, 6.07) is 0. The number of hydrogen-bond donors (Lipinski definition) is 0. The van der Waals surface area contributed by atoms with E-state index in [1.54, 1.807) is 11.1 Å². The fourth-order valence-corrected chi connectivity index (χ4v) is 11.5. The van der Waals surface area contributed by atoms with Crippen molar-refractivity contribution in [1.82, 2.24) is 0 Å². The van der Waals surface area contributed by atoms with Crippen molar-refractivity contribution in [3.8, 4) is 0 Å². The van der Waals surface area contributed by atoms with Crippen LogP contribution in [0.1, 0.15) is 39.5 Å².